The van der Waals surface area contributed by atoms with E-state index in [0.717, 1.165) is 27.8 Å². The standard InChI is InChI=1S/C38H30N2O3/c1-2-43-27-20-18-26(19-21-27)40-36(41)34-33-29-14-5-7-16-31(29)38(35(34)37(40)42,32-17-8-6-15-30(32)33)23-39-22-25-12-9-11-24-10-3-4-13-28(24)25/h3-21,23,33-35H,2,22H2,1H3/t33?,34-,35-,38?/m1/s1. The van der Waals surface area contributed by atoms with Gasteiger partial charge >= 0.3 is 0 Å². The van der Waals surface area contributed by atoms with E-state index >= 15 is 0 Å². The summed E-state index contributed by atoms with van der Waals surface area (Å²) >= 11 is 0. The minimum absolute atomic E-state index is 0.153. The van der Waals surface area contributed by atoms with Crippen molar-refractivity contribution in [2.45, 2.75) is 24.8 Å². The maximum atomic E-state index is 14.6. The van der Waals surface area contributed by atoms with Crippen LogP contribution in [0, 0.1) is 11.8 Å². The van der Waals surface area contributed by atoms with Gasteiger partial charge in [0.2, 0.25) is 11.8 Å². The highest BCUT2D eigenvalue weighted by molar-refractivity contribution is 6.25. The van der Waals surface area contributed by atoms with E-state index in [1.807, 2.05) is 73.8 Å². The molecule has 2 atom stereocenters. The number of amides is 2. The molecular weight excluding hydrogens is 532 g/mol. The summed E-state index contributed by atoms with van der Waals surface area (Å²) in [6, 6.07) is 38.5. The molecule has 5 heteroatoms. The summed E-state index contributed by atoms with van der Waals surface area (Å²) < 4.78 is 5.62. The Morgan fingerprint density at radius 3 is 2.14 bits per heavy atom. The highest BCUT2D eigenvalue weighted by Gasteiger charge is 2.67. The molecule has 0 radical (unpaired) electrons. The Kier molecular flexibility index (Phi) is 5.83. The van der Waals surface area contributed by atoms with Crippen molar-refractivity contribution >= 4 is 34.5 Å². The molecule has 43 heavy (non-hydrogen) atoms. The van der Waals surface area contributed by atoms with Crippen molar-refractivity contribution < 1.29 is 14.3 Å². The number of hydrogen-bond donors (Lipinski definition) is 0. The zero-order valence-electron chi connectivity index (χ0n) is 23.8. The quantitative estimate of drug-likeness (QED) is 0.164. The molecule has 0 saturated carbocycles. The van der Waals surface area contributed by atoms with Gasteiger partial charge in [-0.25, -0.2) is 4.90 Å². The molecule has 5 aromatic carbocycles. The lowest BCUT2D eigenvalue weighted by Crippen LogP contribution is -2.54. The third-order valence-corrected chi connectivity index (χ3v) is 9.53. The lowest BCUT2D eigenvalue weighted by molar-refractivity contribution is -0.122. The van der Waals surface area contributed by atoms with Crippen LogP contribution in [0.4, 0.5) is 5.69 Å². The topological polar surface area (TPSA) is 59.0 Å². The number of anilines is 1. The Morgan fingerprint density at radius 1 is 0.767 bits per heavy atom. The molecule has 4 aliphatic rings. The van der Waals surface area contributed by atoms with E-state index in [9.17, 15) is 9.59 Å². The van der Waals surface area contributed by atoms with Crippen LogP contribution >= 0.6 is 0 Å². The van der Waals surface area contributed by atoms with Gasteiger partial charge in [0.05, 0.1) is 36.1 Å². The molecule has 5 nitrogen and oxygen atoms in total. The van der Waals surface area contributed by atoms with E-state index in [2.05, 4.69) is 54.6 Å². The number of ether oxygens (including phenoxy) is 1. The van der Waals surface area contributed by atoms with Gasteiger partial charge in [0.15, 0.2) is 0 Å². The summed E-state index contributed by atoms with van der Waals surface area (Å²) in [5.41, 5.74) is 5.17. The fourth-order valence-corrected chi connectivity index (χ4v) is 7.88. The predicted molar refractivity (Wildman–Crippen MR) is 169 cm³/mol. The Balaban J connectivity index is 1.29. The van der Waals surface area contributed by atoms with Crippen LogP contribution < -0.4 is 9.64 Å². The monoisotopic (exact) mass is 562 g/mol. The second kappa shape index (κ2) is 9.77. The average Bonchev–Trinajstić information content (AvgIpc) is 3.32. The zero-order chi connectivity index (χ0) is 29.1. The lowest BCUT2D eigenvalue weighted by Gasteiger charge is -2.52. The van der Waals surface area contributed by atoms with Gasteiger partial charge in [0.25, 0.3) is 0 Å². The van der Waals surface area contributed by atoms with Gasteiger partial charge in [0, 0.05) is 12.1 Å². The molecule has 9 rings (SSSR count). The Morgan fingerprint density at radius 2 is 1.42 bits per heavy atom. The molecule has 5 aromatic rings. The Hall–Kier alpha value is -5.03. The second-order valence-corrected chi connectivity index (χ2v) is 11.6. The number of imide groups is 1. The summed E-state index contributed by atoms with van der Waals surface area (Å²) in [5.74, 6) is -0.940. The first-order valence-corrected chi connectivity index (χ1v) is 14.9. The zero-order valence-corrected chi connectivity index (χ0v) is 23.8. The summed E-state index contributed by atoms with van der Waals surface area (Å²) in [7, 11) is 0. The Bertz CT molecular complexity index is 1890. The largest absolute Gasteiger partial charge is 0.494 e. The minimum Gasteiger partial charge on any atom is -0.494 e. The predicted octanol–water partition coefficient (Wildman–Crippen LogP) is 7.06. The van der Waals surface area contributed by atoms with Crippen molar-refractivity contribution in [2.24, 2.45) is 16.8 Å². The fourth-order valence-electron chi connectivity index (χ4n) is 7.88. The minimum atomic E-state index is -0.871. The highest BCUT2D eigenvalue weighted by Crippen LogP contribution is 2.63. The molecule has 2 bridgehead atoms. The van der Waals surface area contributed by atoms with Crippen molar-refractivity contribution in [2.75, 3.05) is 11.5 Å². The highest BCUT2D eigenvalue weighted by atomic mass is 16.5. The normalized spacial score (nSPS) is 23.5. The summed E-state index contributed by atoms with van der Waals surface area (Å²) in [6.45, 7) is 2.95. The van der Waals surface area contributed by atoms with Crippen LogP contribution in [0.15, 0.2) is 120 Å². The van der Waals surface area contributed by atoms with Gasteiger partial charge in [-0.3, -0.25) is 14.6 Å². The third kappa shape index (κ3) is 3.61. The number of carbonyl (C=O) groups excluding carboxylic acids is 2. The number of hydrogen-bond acceptors (Lipinski definition) is 4. The van der Waals surface area contributed by atoms with E-state index < -0.39 is 17.3 Å². The van der Waals surface area contributed by atoms with E-state index in [4.69, 9.17) is 9.73 Å². The molecule has 210 valence electrons. The van der Waals surface area contributed by atoms with Crippen LogP contribution in [0.3, 0.4) is 0 Å². The first-order valence-electron chi connectivity index (χ1n) is 14.9. The summed E-state index contributed by atoms with van der Waals surface area (Å²) in [4.78, 5) is 35.5. The smallest absolute Gasteiger partial charge is 0.239 e. The summed E-state index contributed by atoms with van der Waals surface area (Å²) in [6.07, 6.45) is 1.99. The van der Waals surface area contributed by atoms with Crippen LogP contribution in [0.1, 0.15) is 40.7 Å². The van der Waals surface area contributed by atoms with Crippen molar-refractivity contribution in [1.82, 2.24) is 0 Å². The molecule has 1 aliphatic heterocycles. The van der Waals surface area contributed by atoms with Crippen LogP contribution in [0.25, 0.3) is 10.8 Å². The average molecular weight is 563 g/mol. The summed E-state index contributed by atoms with van der Waals surface area (Å²) in [5, 5.41) is 2.34. The first kappa shape index (κ1) is 25.7. The van der Waals surface area contributed by atoms with Gasteiger partial charge < -0.3 is 4.74 Å². The third-order valence-electron chi connectivity index (χ3n) is 9.53. The number of rotatable bonds is 6. The SMILES string of the molecule is CCOc1ccc(N2C(=O)[C@@H]3C4c5ccccc5C(C=NCc5cccc6ccccc56)(c5ccccc54)[C@H]3C2=O)cc1. The van der Waals surface area contributed by atoms with Gasteiger partial charge in [0.1, 0.15) is 5.75 Å². The second-order valence-electron chi connectivity index (χ2n) is 11.6. The van der Waals surface area contributed by atoms with Gasteiger partial charge in [-0.1, -0.05) is 91.0 Å². The van der Waals surface area contributed by atoms with E-state index in [-0.39, 0.29) is 17.7 Å². The van der Waals surface area contributed by atoms with Crippen molar-refractivity contribution in [3.05, 3.63) is 143 Å². The molecule has 1 saturated heterocycles. The molecule has 2 amide bonds. The number of aliphatic imine (C=N–C) groups is 1. The van der Waals surface area contributed by atoms with Crippen LogP contribution in [0.2, 0.25) is 0 Å². The number of carbonyl (C=O) groups is 2. The van der Waals surface area contributed by atoms with Crippen molar-refractivity contribution in [3.63, 3.8) is 0 Å². The molecule has 1 heterocycles. The number of nitrogens with zero attached hydrogens (tertiary/aromatic N) is 2. The van der Waals surface area contributed by atoms with E-state index in [1.165, 1.54) is 15.7 Å². The number of fused-ring (bicyclic) bond motifs is 1. The van der Waals surface area contributed by atoms with Crippen LogP contribution in [0.5, 0.6) is 5.75 Å². The Labute approximate surface area is 250 Å². The van der Waals surface area contributed by atoms with Gasteiger partial charge in [-0.05, 0) is 69.8 Å². The first-order chi connectivity index (χ1) is 21.1. The van der Waals surface area contributed by atoms with Crippen molar-refractivity contribution in [3.8, 4) is 5.75 Å². The molecule has 3 aliphatic carbocycles. The van der Waals surface area contributed by atoms with Gasteiger partial charge in [-0.15, -0.1) is 0 Å². The lowest BCUT2D eigenvalue weighted by atomic mass is 9.47. The molecule has 0 spiro atoms. The van der Waals surface area contributed by atoms with Crippen LogP contribution in [-0.2, 0) is 21.5 Å². The van der Waals surface area contributed by atoms with Crippen LogP contribution in [-0.4, -0.2) is 24.6 Å². The van der Waals surface area contributed by atoms with E-state index in [1.54, 1.807) is 0 Å². The van der Waals surface area contributed by atoms with E-state index in [0.29, 0.717) is 24.6 Å². The van der Waals surface area contributed by atoms with Crippen molar-refractivity contribution in [1.29, 1.82) is 0 Å². The molecule has 0 unspecified atom stereocenters. The fraction of sp³-hybridized carbons (Fsp3) is 0.184. The maximum Gasteiger partial charge on any atom is 0.239 e. The number of benzene rings is 5. The molecule has 0 aromatic heterocycles. The molecular formula is C38H30N2O3. The molecule has 0 N–H and O–H groups in total. The molecule has 1 fully saturated rings. The van der Waals surface area contributed by atoms with Gasteiger partial charge in [-0.2, -0.15) is 0 Å². The maximum absolute atomic E-state index is 14.6.